The average molecular weight is 308 g/mol. The van der Waals surface area contributed by atoms with Crippen molar-refractivity contribution in [2.24, 2.45) is 0 Å². The molecule has 0 radical (unpaired) electrons. The third kappa shape index (κ3) is 2.32. The number of carboxylic acid groups (broad SMARTS) is 1. The van der Waals surface area contributed by atoms with E-state index in [9.17, 15) is 14.7 Å². The SMILES string of the molecule is C=CC(=O)C(C)(Oc1cccc2c1Cc1ccccc1-2)C(=O)O. The zero-order valence-corrected chi connectivity index (χ0v) is 12.7. The molecule has 1 aliphatic carbocycles. The van der Waals surface area contributed by atoms with Crippen LogP contribution in [-0.4, -0.2) is 22.5 Å². The van der Waals surface area contributed by atoms with Gasteiger partial charge in [-0.1, -0.05) is 43.0 Å². The maximum Gasteiger partial charge on any atom is 0.356 e. The van der Waals surface area contributed by atoms with Crippen LogP contribution in [0.2, 0.25) is 0 Å². The molecule has 1 unspecified atom stereocenters. The topological polar surface area (TPSA) is 63.6 Å². The van der Waals surface area contributed by atoms with Crippen LogP contribution in [0.1, 0.15) is 18.1 Å². The highest BCUT2D eigenvalue weighted by atomic mass is 16.5. The van der Waals surface area contributed by atoms with E-state index in [4.69, 9.17) is 4.74 Å². The second-order valence-electron chi connectivity index (χ2n) is 5.63. The van der Waals surface area contributed by atoms with Crippen LogP contribution in [-0.2, 0) is 16.0 Å². The average Bonchev–Trinajstić information content (AvgIpc) is 2.93. The molecule has 0 aliphatic heterocycles. The van der Waals surface area contributed by atoms with Crippen molar-refractivity contribution in [3.05, 3.63) is 66.2 Å². The summed E-state index contributed by atoms with van der Waals surface area (Å²) in [6, 6.07) is 13.5. The number of carboxylic acids is 1. The van der Waals surface area contributed by atoms with Crippen LogP contribution >= 0.6 is 0 Å². The molecule has 4 heteroatoms. The van der Waals surface area contributed by atoms with Gasteiger partial charge in [-0.3, -0.25) is 4.79 Å². The largest absolute Gasteiger partial charge is 0.478 e. The number of ether oxygens (including phenoxy) is 1. The smallest absolute Gasteiger partial charge is 0.356 e. The molecule has 0 saturated carbocycles. The Morgan fingerprint density at radius 1 is 1.17 bits per heavy atom. The molecule has 4 nitrogen and oxygen atoms in total. The number of ketones is 1. The standard InChI is InChI=1S/C19H16O4/c1-3-17(20)19(2,18(21)22)23-16-10-6-9-14-13-8-5-4-7-12(13)11-15(14)16/h3-10H,1,11H2,2H3,(H,21,22). The summed E-state index contributed by atoms with van der Waals surface area (Å²) in [4.78, 5) is 23.5. The molecule has 0 spiro atoms. The zero-order chi connectivity index (χ0) is 16.6. The summed E-state index contributed by atoms with van der Waals surface area (Å²) in [5.74, 6) is -1.60. The molecule has 0 fully saturated rings. The van der Waals surface area contributed by atoms with Crippen LogP contribution in [0.5, 0.6) is 5.75 Å². The minimum atomic E-state index is -1.98. The minimum absolute atomic E-state index is 0.416. The lowest BCUT2D eigenvalue weighted by molar-refractivity contribution is -0.158. The number of benzene rings is 2. The first-order valence-corrected chi connectivity index (χ1v) is 7.27. The molecule has 2 aromatic carbocycles. The molecular weight excluding hydrogens is 292 g/mol. The Balaban J connectivity index is 2.05. The van der Waals surface area contributed by atoms with E-state index in [0.717, 1.165) is 28.3 Å². The highest BCUT2D eigenvalue weighted by Crippen LogP contribution is 2.41. The first-order chi connectivity index (χ1) is 11.0. The van der Waals surface area contributed by atoms with Crippen LogP contribution in [0, 0.1) is 0 Å². The molecule has 1 atom stereocenters. The number of hydrogen-bond donors (Lipinski definition) is 1. The Kier molecular flexibility index (Phi) is 3.52. The molecule has 0 bridgehead atoms. The van der Waals surface area contributed by atoms with Gasteiger partial charge in [0.25, 0.3) is 5.60 Å². The van der Waals surface area contributed by atoms with E-state index in [1.807, 2.05) is 30.3 Å². The fourth-order valence-electron chi connectivity index (χ4n) is 2.84. The molecule has 1 aliphatic rings. The van der Waals surface area contributed by atoms with Crippen molar-refractivity contribution in [1.29, 1.82) is 0 Å². The van der Waals surface area contributed by atoms with Gasteiger partial charge in [0, 0.05) is 12.0 Å². The highest BCUT2D eigenvalue weighted by Gasteiger charge is 2.43. The summed E-state index contributed by atoms with van der Waals surface area (Å²) >= 11 is 0. The van der Waals surface area contributed by atoms with Gasteiger partial charge in [-0.05, 0) is 35.8 Å². The summed E-state index contributed by atoms with van der Waals surface area (Å²) < 4.78 is 5.67. The monoisotopic (exact) mass is 308 g/mol. The maximum absolute atomic E-state index is 12.0. The van der Waals surface area contributed by atoms with E-state index in [1.54, 1.807) is 12.1 Å². The van der Waals surface area contributed by atoms with Crippen molar-refractivity contribution < 1.29 is 19.4 Å². The molecule has 3 rings (SSSR count). The number of aliphatic carboxylic acids is 1. The van der Waals surface area contributed by atoms with Crippen molar-refractivity contribution in [1.82, 2.24) is 0 Å². The van der Waals surface area contributed by atoms with Crippen LogP contribution < -0.4 is 4.74 Å². The lowest BCUT2D eigenvalue weighted by Gasteiger charge is -2.25. The van der Waals surface area contributed by atoms with Crippen molar-refractivity contribution >= 4 is 11.8 Å². The third-order valence-corrected chi connectivity index (χ3v) is 4.19. The van der Waals surface area contributed by atoms with Crippen LogP contribution in [0.15, 0.2) is 55.1 Å². The van der Waals surface area contributed by atoms with E-state index in [2.05, 4.69) is 6.58 Å². The van der Waals surface area contributed by atoms with Gasteiger partial charge in [0.1, 0.15) is 5.75 Å². The Morgan fingerprint density at radius 2 is 1.87 bits per heavy atom. The van der Waals surface area contributed by atoms with Gasteiger partial charge >= 0.3 is 5.97 Å². The number of carbonyl (C=O) groups is 2. The van der Waals surface area contributed by atoms with Crippen LogP contribution in [0.25, 0.3) is 11.1 Å². The van der Waals surface area contributed by atoms with Crippen LogP contribution in [0.4, 0.5) is 0 Å². The van der Waals surface area contributed by atoms with E-state index >= 15 is 0 Å². The molecule has 116 valence electrons. The summed E-state index contributed by atoms with van der Waals surface area (Å²) in [6.45, 7) is 4.61. The normalized spacial score (nSPS) is 14.3. The summed E-state index contributed by atoms with van der Waals surface area (Å²) in [7, 11) is 0. The molecular formula is C19H16O4. The lowest BCUT2D eigenvalue weighted by atomic mass is 10.00. The second-order valence-corrected chi connectivity index (χ2v) is 5.63. The molecule has 0 aromatic heterocycles. The maximum atomic E-state index is 12.0. The van der Waals surface area contributed by atoms with E-state index in [1.165, 1.54) is 6.92 Å². The second kappa shape index (κ2) is 5.39. The molecule has 2 aromatic rings. The summed E-state index contributed by atoms with van der Waals surface area (Å²) in [5, 5.41) is 9.42. The van der Waals surface area contributed by atoms with Gasteiger partial charge in [0.15, 0.2) is 0 Å². The first kappa shape index (κ1) is 15.0. The van der Waals surface area contributed by atoms with Gasteiger partial charge in [0.2, 0.25) is 5.78 Å². The van der Waals surface area contributed by atoms with E-state index in [0.29, 0.717) is 12.2 Å². The third-order valence-electron chi connectivity index (χ3n) is 4.19. The van der Waals surface area contributed by atoms with Gasteiger partial charge in [-0.25, -0.2) is 4.79 Å². The summed E-state index contributed by atoms with van der Waals surface area (Å²) in [5.41, 5.74) is 2.20. The lowest BCUT2D eigenvalue weighted by Crippen LogP contribution is -2.48. The highest BCUT2D eigenvalue weighted by molar-refractivity contribution is 6.11. The Labute approximate surface area is 134 Å². The van der Waals surface area contributed by atoms with Crippen LogP contribution in [0.3, 0.4) is 0 Å². The number of fused-ring (bicyclic) bond motifs is 3. The molecule has 23 heavy (non-hydrogen) atoms. The van der Waals surface area contributed by atoms with E-state index < -0.39 is 17.4 Å². The van der Waals surface area contributed by atoms with E-state index in [-0.39, 0.29) is 0 Å². The quantitative estimate of drug-likeness (QED) is 0.580. The molecule has 0 saturated heterocycles. The Morgan fingerprint density at radius 3 is 2.57 bits per heavy atom. The van der Waals surface area contributed by atoms with Gasteiger partial charge in [0.05, 0.1) is 0 Å². The predicted octanol–water partition coefficient (Wildman–Crippen LogP) is 3.24. The fraction of sp³-hybridized carbons (Fsp3) is 0.158. The number of carbonyl (C=O) groups excluding carboxylic acids is 1. The molecule has 1 N–H and O–H groups in total. The van der Waals surface area contributed by atoms with Crippen molar-refractivity contribution in [3.8, 4) is 16.9 Å². The Hall–Kier alpha value is -2.88. The van der Waals surface area contributed by atoms with Gasteiger partial charge in [-0.15, -0.1) is 0 Å². The van der Waals surface area contributed by atoms with Crippen molar-refractivity contribution in [2.75, 3.05) is 0 Å². The first-order valence-electron chi connectivity index (χ1n) is 7.27. The predicted molar refractivity (Wildman–Crippen MR) is 86.6 cm³/mol. The number of hydrogen-bond acceptors (Lipinski definition) is 3. The fourth-order valence-corrected chi connectivity index (χ4v) is 2.84. The van der Waals surface area contributed by atoms with Crippen molar-refractivity contribution in [3.63, 3.8) is 0 Å². The Bertz CT molecular complexity index is 822. The van der Waals surface area contributed by atoms with Gasteiger partial charge < -0.3 is 9.84 Å². The minimum Gasteiger partial charge on any atom is -0.478 e. The molecule has 0 amide bonds. The summed E-state index contributed by atoms with van der Waals surface area (Å²) in [6.07, 6.45) is 1.63. The number of rotatable bonds is 5. The zero-order valence-electron chi connectivity index (χ0n) is 12.7. The molecule has 0 heterocycles. The van der Waals surface area contributed by atoms with Gasteiger partial charge in [-0.2, -0.15) is 0 Å². The van der Waals surface area contributed by atoms with Crippen molar-refractivity contribution in [2.45, 2.75) is 18.9 Å².